The number of alkyl halides is 3. The van der Waals surface area contributed by atoms with Gasteiger partial charge in [0.25, 0.3) is 5.91 Å². The molecule has 0 saturated carbocycles. The number of benzene rings is 1. The molecule has 0 aliphatic carbocycles. The molecule has 1 amide bonds. The second-order valence-corrected chi connectivity index (χ2v) is 4.27. The number of halogens is 3. The Balaban J connectivity index is 2.24. The molecule has 0 fully saturated rings. The third-order valence-electron chi connectivity index (χ3n) is 2.77. The van der Waals surface area contributed by atoms with Gasteiger partial charge in [-0.15, -0.1) is 0 Å². The predicted octanol–water partition coefficient (Wildman–Crippen LogP) is 3.13. The Hall–Kier alpha value is -2.41. The van der Waals surface area contributed by atoms with E-state index in [0.717, 1.165) is 12.4 Å². The lowest BCUT2D eigenvalue weighted by atomic mass is 10.1. The van der Waals surface area contributed by atoms with Crippen molar-refractivity contribution < 1.29 is 23.2 Å². The molecule has 7 heteroatoms. The largest absolute Gasteiger partial charge is 0.417 e. The first kappa shape index (κ1) is 15.0. The molecule has 0 aliphatic rings. The summed E-state index contributed by atoms with van der Waals surface area (Å²) in [5.41, 5.74) is -1.23. The van der Waals surface area contributed by atoms with Crippen LogP contribution < -0.4 is 0 Å². The van der Waals surface area contributed by atoms with E-state index in [4.69, 9.17) is 0 Å². The van der Waals surface area contributed by atoms with E-state index in [1.54, 1.807) is 30.3 Å². The Morgan fingerprint density at radius 2 is 1.86 bits per heavy atom. The topological polar surface area (TPSA) is 53.4 Å². The Morgan fingerprint density at radius 1 is 1.19 bits per heavy atom. The van der Waals surface area contributed by atoms with Crippen LogP contribution >= 0.6 is 0 Å². The minimum atomic E-state index is -4.69. The second kappa shape index (κ2) is 5.92. The van der Waals surface area contributed by atoms with Gasteiger partial charge in [-0.3, -0.25) is 15.0 Å². The molecule has 0 atom stereocenters. The number of carbonyl (C=O) groups is 1. The van der Waals surface area contributed by atoms with Crippen LogP contribution in [0, 0.1) is 0 Å². The number of carbonyl (C=O) groups excluding carboxylic acids is 1. The molecule has 0 aliphatic heterocycles. The summed E-state index contributed by atoms with van der Waals surface area (Å²) in [6.45, 7) is -0.216. The normalized spacial score (nSPS) is 11.2. The Kier molecular flexibility index (Phi) is 4.23. The summed E-state index contributed by atoms with van der Waals surface area (Å²) in [7, 11) is 0. The van der Waals surface area contributed by atoms with Gasteiger partial charge in [0.05, 0.1) is 17.7 Å². The number of rotatable bonds is 3. The third kappa shape index (κ3) is 3.57. The van der Waals surface area contributed by atoms with Crippen LogP contribution in [0.25, 0.3) is 0 Å². The number of aromatic nitrogens is 1. The van der Waals surface area contributed by atoms with Crippen LogP contribution in [0.3, 0.4) is 0 Å². The molecule has 2 rings (SSSR count). The average molecular weight is 296 g/mol. The lowest BCUT2D eigenvalue weighted by Crippen LogP contribution is -2.29. The smallest absolute Gasteiger partial charge is 0.285 e. The van der Waals surface area contributed by atoms with Gasteiger partial charge >= 0.3 is 6.18 Å². The molecular weight excluding hydrogens is 285 g/mol. The van der Waals surface area contributed by atoms with Crippen LogP contribution in [-0.4, -0.2) is 21.2 Å². The van der Waals surface area contributed by atoms with Crippen LogP contribution in [0.5, 0.6) is 0 Å². The highest BCUT2D eigenvalue weighted by atomic mass is 19.4. The molecular formula is C14H11F3N2O2. The monoisotopic (exact) mass is 296 g/mol. The molecule has 2 aromatic rings. The van der Waals surface area contributed by atoms with Crippen molar-refractivity contribution in [1.29, 1.82) is 0 Å². The number of hydrogen-bond donors (Lipinski definition) is 1. The number of nitrogens with zero attached hydrogens (tertiary/aromatic N) is 2. The first-order valence-electron chi connectivity index (χ1n) is 5.95. The van der Waals surface area contributed by atoms with E-state index in [9.17, 15) is 23.2 Å². The first-order chi connectivity index (χ1) is 9.89. The minimum absolute atomic E-state index is 0.216. The highest BCUT2D eigenvalue weighted by Gasteiger charge is 2.36. The van der Waals surface area contributed by atoms with E-state index in [0.29, 0.717) is 11.6 Å². The number of amides is 1. The maximum absolute atomic E-state index is 12.8. The van der Waals surface area contributed by atoms with Crippen molar-refractivity contribution in [2.75, 3.05) is 0 Å². The highest BCUT2D eigenvalue weighted by molar-refractivity contribution is 5.94. The predicted molar refractivity (Wildman–Crippen MR) is 67.3 cm³/mol. The van der Waals surface area contributed by atoms with E-state index in [-0.39, 0.29) is 11.6 Å². The molecule has 0 radical (unpaired) electrons. The second-order valence-electron chi connectivity index (χ2n) is 4.27. The van der Waals surface area contributed by atoms with Gasteiger partial charge in [-0.2, -0.15) is 13.2 Å². The fraction of sp³-hybridized carbons (Fsp3) is 0.143. The highest BCUT2D eigenvalue weighted by Crippen LogP contribution is 2.31. The minimum Gasteiger partial charge on any atom is -0.285 e. The Bertz CT molecular complexity index is 630. The summed E-state index contributed by atoms with van der Waals surface area (Å²) >= 11 is 0. The van der Waals surface area contributed by atoms with Gasteiger partial charge in [0.15, 0.2) is 0 Å². The standard InChI is InChI=1S/C14H11F3N2O2/c15-14(16,17)12-6-7-18-8-11(12)13(20)19(21)9-10-4-2-1-3-5-10/h1-8,21H,9H2. The Labute approximate surface area is 118 Å². The summed E-state index contributed by atoms with van der Waals surface area (Å²) in [6, 6.07) is 9.12. The molecule has 0 spiro atoms. The van der Waals surface area contributed by atoms with Crippen LogP contribution in [0.4, 0.5) is 13.2 Å². The molecule has 21 heavy (non-hydrogen) atoms. The van der Waals surface area contributed by atoms with E-state index in [1.165, 1.54) is 0 Å². The lowest BCUT2D eigenvalue weighted by Gasteiger charge is -2.17. The molecule has 1 heterocycles. The van der Waals surface area contributed by atoms with Gasteiger partial charge < -0.3 is 0 Å². The number of hydrogen-bond acceptors (Lipinski definition) is 3. The van der Waals surface area contributed by atoms with Crippen LogP contribution in [-0.2, 0) is 12.7 Å². The van der Waals surface area contributed by atoms with Crippen molar-refractivity contribution in [3.63, 3.8) is 0 Å². The van der Waals surface area contributed by atoms with Crippen molar-refractivity contribution in [3.8, 4) is 0 Å². The van der Waals surface area contributed by atoms with Crippen molar-refractivity contribution in [3.05, 3.63) is 65.5 Å². The molecule has 0 saturated heterocycles. The lowest BCUT2D eigenvalue weighted by molar-refractivity contribution is -0.138. The fourth-order valence-corrected chi connectivity index (χ4v) is 1.78. The summed E-state index contributed by atoms with van der Waals surface area (Å²) in [4.78, 5) is 15.5. The first-order valence-corrected chi connectivity index (χ1v) is 5.95. The number of pyridine rings is 1. The van der Waals surface area contributed by atoms with Gasteiger partial charge in [0.1, 0.15) is 0 Å². The van der Waals surface area contributed by atoms with E-state index in [1.807, 2.05) is 0 Å². The van der Waals surface area contributed by atoms with Gasteiger partial charge in [-0.1, -0.05) is 30.3 Å². The van der Waals surface area contributed by atoms with Crippen LogP contribution in [0.1, 0.15) is 21.5 Å². The summed E-state index contributed by atoms with van der Waals surface area (Å²) in [6.07, 6.45) is -2.96. The van der Waals surface area contributed by atoms with E-state index < -0.39 is 23.2 Å². The van der Waals surface area contributed by atoms with Crippen LogP contribution in [0.15, 0.2) is 48.8 Å². The van der Waals surface area contributed by atoms with Crippen molar-refractivity contribution >= 4 is 5.91 Å². The molecule has 1 N–H and O–H groups in total. The summed E-state index contributed by atoms with van der Waals surface area (Å²) in [5, 5.41) is 9.94. The quantitative estimate of drug-likeness (QED) is 0.699. The van der Waals surface area contributed by atoms with Gasteiger partial charge in [-0.25, -0.2) is 5.06 Å². The Morgan fingerprint density at radius 3 is 2.48 bits per heavy atom. The van der Waals surface area contributed by atoms with Crippen molar-refractivity contribution in [2.45, 2.75) is 12.7 Å². The van der Waals surface area contributed by atoms with E-state index in [2.05, 4.69) is 4.98 Å². The molecule has 0 unspecified atom stereocenters. The fourth-order valence-electron chi connectivity index (χ4n) is 1.78. The maximum atomic E-state index is 12.8. The molecule has 0 bridgehead atoms. The molecule has 4 nitrogen and oxygen atoms in total. The van der Waals surface area contributed by atoms with Gasteiger partial charge in [-0.05, 0) is 11.6 Å². The van der Waals surface area contributed by atoms with Crippen molar-refractivity contribution in [2.24, 2.45) is 0 Å². The SMILES string of the molecule is O=C(c1cnccc1C(F)(F)F)N(O)Cc1ccccc1. The van der Waals surface area contributed by atoms with Gasteiger partial charge in [0, 0.05) is 12.4 Å². The number of hydroxylamine groups is 2. The third-order valence-corrected chi connectivity index (χ3v) is 2.77. The summed E-state index contributed by atoms with van der Waals surface area (Å²) < 4.78 is 38.5. The van der Waals surface area contributed by atoms with Crippen LogP contribution in [0.2, 0.25) is 0 Å². The van der Waals surface area contributed by atoms with Gasteiger partial charge in [0.2, 0.25) is 0 Å². The zero-order valence-corrected chi connectivity index (χ0v) is 10.7. The van der Waals surface area contributed by atoms with E-state index >= 15 is 0 Å². The zero-order chi connectivity index (χ0) is 15.5. The van der Waals surface area contributed by atoms with Crippen molar-refractivity contribution in [1.82, 2.24) is 10.0 Å². The molecule has 1 aromatic heterocycles. The maximum Gasteiger partial charge on any atom is 0.417 e. The zero-order valence-electron chi connectivity index (χ0n) is 10.7. The molecule has 1 aromatic carbocycles. The average Bonchev–Trinajstić information content (AvgIpc) is 2.46. The molecule has 110 valence electrons. The summed E-state index contributed by atoms with van der Waals surface area (Å²) in [5.74, 6) is -1.15.